The Bertz CT molecular complexity index is 1050. The summed E-state index contributed by atoms with van der Waals surface area (Å²) in [5.41, 5.74) is 1.24. The third-order valence-corrected chi connectivity index (χ3v) is 5.77. The van der Waals surface area contributed by atoms with Crippen molar-refractivity contribution in [1.82, 2.24) is 4.90 Å². The number of carbonyl (C=O) groups is 3. The third kappa shape index (κ3) is 5.68. The van der Waals surface area contributed by atoms with E-state index < -0.39 is 17.1 Å². The zero-order valence-corrected chi connectivity index (χ0v) is 19.6. The fourth-order valence-corrected chi connectivity index (χ4v) is 4.03. The van der Waals surface area contributed by atoms with Crippen molar-refractivity contribution in [2.45, 2.75) is 20.0 Å². The number of carbonyl (C=O) groups excluding carboxylic acids is 3. The Morgan fingerprint density at radius 1 is 1.19 bits per heavy atom. The van der Waals surface area contributed by atoms with Crippen LogP contribution in [0.4, 0.5) is 10.5 Å². The smallest absolute Gasteiger partial charge is 0.294 e. The summed E-state index contributed by atoms with van der Waals surface area (Å²) in [4.78, 5) is 38.6. The van der Waals surface area contributed by atoms with Crippen molar-refractivity contribution in [3.63, 3.8) is 0 Å². The Labute approximate surface area is 192 Å². The molecule has 1 heterocycles. The van der Waals surface area contributed by atoms with E-state index in [1.165, 1.54) is 7.11 Å². The molecule has 162 valence electrons. The number of hydrogen-bond acceptors (Lipinski definition) is 6. The Morgan fingerprint density at radius 3 is 2.61 bits per heavy atom. The normalized spacial score (nSPS) is 15.0. The van der Waals surface area contributed by atoms with Gasteiger partial charge in [-0.05, 0) is 77.4 Å². The van der Waals surface area contributed by atoms with Gasteiger partial charge < -0.3 is 14.8 Å². The van der Waals surface area contributed by atoms with E-state index in [-0.39, 0.29) is 17.6 Å². The summed E-state index contributed by atoms with van der Waals surface area (Å²) in [5.74, 6) is 0.132. The molecule has 3 rings (SSSR count). The first kappa shape index (κ1) is 22.9. The Hall–Kier alpha value is -2.78. The molecule has 0 saturated carbocycles. The molecule has 0 unspecified atom stereocenters. The van der Waals surface area contributed by atoms with Crippen LogP contribution in [-0.2, 0) is 9.59 Å². The minimum atomic E-state index is -0.515. The molecular formula is C22H21BrN2O5S. The molecule has 1 aliphatic rings. The van der Waals surface area contributed by atoms with Gasteiger partial charge in [-0.1, -0.05) is 18.2 Å². The maximum atomic E-state index is 12.7. The first-order chi connectivity index (χ1) is 14.8. The van der Waals surface area contributed by atoms with Crippen LogP contribution in [0, 0.1) is 0 Å². The molecule has 1 fully saturated rings. The van der Waals surface area contributed by atoms with Crippen LogP contribution in [0.5, 0.6) is 11.5 Å². The number of benzene rings is 2. The van der Waals surface area contributed by atoms with Crippen molar-refractivity contribution >= 4 is 56.5 Å². The molecule has 7 nitrogen and oxygen atoms in total. The number of nitrogens with zero attached hydrogens (tertiary/aromatic N) is 1. The van der Waals surface area contributed by atoms with E-state index in [1.54, 1.807) is 42.5 Å². The lowest BCUT2D eigenvalue weighted by Crippen LogP contribution is -2.36. The zero-order valence-electron chi connectivity index (χ0n) is 17.2. The van der Waals surface area contributed by atoms with Gasteiger partial charge in [-0.3, -0.25) is 19.3 Å². The highest BCUT2D eigenvalue weighted by molar-refractivity contribution is 9.10. The van der Waals surface area contributed by atoms with Crippen molar-refractivity contribution in [1.29, 1.82) is 0 Å². The molecule has 0 aliphatic carbocycles. The van der Waals surface area contributed by atoms with Crippen LogP contribution in [0.15, 0.2) is 51.8 Å². The van der Waals surface area contributed by atoms with E-state index in [9.17, 15) is 14.4 Å². The average molecular weight is 505 g/mol. The van der Waals surface area contributed by atoms with Crippen LogP contribution >= 0.6 is 27.7 Å². The molecule has 1 saturated heterocycles. The predicted octanol–water partition coefficient (Wildman–Crippen LogP) is 4.92. The molecule has 31 heavy (non-hydrogen) atoms. The van der Waals surface area contributed by atoms with Gasteiger partial charge in [-0.2, -0.15) is 0 Å². The summed E-state index contributed by atoms with van der Waals surface area (Å²) < 4.78 is 11.8. The number of methoxy groups -OCH3 is 1. The van der Waals surface area contributed by atoms with Crippen LogP contribution in [0.25, 0.3) is 6.08 Å². The van der Waals surface area contributed by atoms with Crippen LogP contribution < -0.4 is 14.8 Å². The van der Waals surface area contributed by atoms with Gasteiger partial charge >= 0.3 is 0 Å². The third-order valence-electron chi connectivity index (χ3n) is 4.17. The Kier molecular flexibility index (Phi) is 7.40. The molecule has 2 aromatic rings. The van der Waals surface area contributed by atoms with E-state index in [0.717, 1.165) is 16.7 Å². The van der Waals surface area contributed by atoms with Gasteiger partial charge in [0.05, 0.1) is 23.8 Å². The van der Waals surface area contributed by atoms with Gasteiger partial charge in [0.2, 0.25) is 5.91 Å². The number of ether oxygens (including phenoxy) is 2. The minimum Gasteiger partial charge on any atom is -0.493 e. The number of nitrogens with one attached hydrogen (secondary N) is 1. The highest BCUT2D eigenvalue weighted by Gasteiger charge is 2.36. The predicted molar refractivity (Wildman–Crippen MR) is 124 cm³/mol. The van der Waals surface area contributed by atoms with Crippen LogP contribution in [-0.4, -0.2) is 41.7 Å². The monoisotopic (exact) mass is 504 g/mol. The summed E-state index contributed by atoms with van der Waals surface area (Å²) in [5, 5.41) is 2.19. The largest absolute Gasteiger partial charge is 0.493 e. The minimum absolute atomic E-state index is 0.0149. The number of thioether (sulfide) groups is 1. The molecule has 2 aromatic carbocycles. The molecule has 1 N–H and O–H groups in total. The molecule has 0 bridgehead atoms. The molecule has 0 spiro atoms. The number of hydrogen-bond donors (Lipinski definition) is 1. The zero-order chi connectivity index (χ0) is 22.5. The number of rotatable bonds is 7. The molecule has 0 atom stereocenters. The standard InChI is InChI=1S/C22H21BrN2O5S/c1-13(2)30-17-9-8-14(10-18(17)29-3)11-19-21(27)25(22(28)31-19)12-20(26)24-16-7-5-4-6-15(16)23/h4-11,13H,12H2,1-3H3,(H,24,26)/b19-11-. The Morgan fingerprint density at radius 2 is 1.94 bits per heavy atom. The second-order valence-corrected chi connectivity index (χ2v) is 8.72. The molecule has 0 aromatic heterocycles. The fraction of sp³-hybridized carbons (Fsp3) is 0.227. The summed E-state index contributed by atoms with van der Waals surface area (Å²) in [6.07, 6.45) is 1.58. The summed E-state index contributed by atoms with van der Waals surface area (Å²) in [7, 11) is 1.53. The number of anilines is 1. The van der Waals surface area contributed by atoms with Crippen molar-refractivity contribution in [3.8, 4) is 11.5 Å². The molecular weight excluding hydrogens is 484 g/mol. The molecule has 1 aliphatic heterocycles. The maximum Gasteiger partial charge on any atom is 0.294 e. The topological polar surface area (TPSA) is 84.9 Å². The molecule has 9 heteroatoms. The van der Waals surface area contributed by atoms with Crippen molar-refractivity contribution in [3.05, 3.63) is 57.4 Å². The summed E-state index contributed by atoms with van der Waals surface area (Å²) >= 11 is 4.14. The summed E-state index contributed by atoms with van der Waals surface area (Å²) in [6.45, 7) is 3.46. The van der Waals surface area contributed by atoms with Crippen molar-refractivity contribution in [2.24, 2.45) is 0 Å². The number of para-hydroxylation sites is 1. The van der Waals surface area contributed by atoms with E-state index in [2.05, 4.69) is 21.2 Å². The second-order valence-electron chi connectivity index (χ2n) is 6.87. The lowest BCUT2D eigenvalue weighted by molar-refractivity contribution is -0.127. The van der Waals surface area contributed by atoms with Crippen LogP contribution in [0.3, 0.4) is 0 Å². The quantitative estimate of drug-likeness (QED) is 0.538. The van der Waals surface area contributed by atoms with E-state index >= 15 is 0 Å². The number of imide groups is 1. The van der Waals surface area contributed by atoms with Crippen LogP contribution in [0.2, 0.25) is 0 Å². The highest BCUT2D eigenvalue weighted by Crippen LogP contribution is 2.35. The average Bonchev–Trinajstić information content (AvgIpc) is 2.97. The molecule has 3 amide bonds. The Balaban J connectivity index is 1.73. The lowest BCUT2D eigenvalue weighted by Gasteiger charge is -2.14. The summed E-state index contributed by atoms with van der Waals surface area (Å²) in [6, 6.07) is 12.3. The molecule has 0 radical (unpaired) electrons. The maximum absolute atomic E-state index is 12.7. The van der Waals surface area contributed by atoms with Crippen LogP contribution in [0.1, 0.15) is 19.4 Å². The van der Waals surface area contributed by atoms with Gasteiger partial charge in [0, 0.05) is 4.47 Å². The van der Waals surface area contributed by atoms with Gasteiger partial charge in [0.15, 0.2) is 11.5 Å². The number of amides is 3. The SMILES string of the molecule is COc1cc(/C=C2\SC(=O)N(CC(=O)Nc3ccccc3Br)C2=O)ccc1OC(C)C. The second kappa shape index (κ2) is 10.0. The fourth-order valence-electron chi connectivity index (χ4n) is 2.81. The van der Waals surface area contributed by atoms with Gasteiger partial charge in [0.25, 0.3) is 11.1 Å². The van der Waals surface area contributed by atoms with Gasteiger partial charge in [0.1, 0.15) is 6.54 Å². The lowest BCUT2D eigenvalue weighted by atomic mass is 10.2. The highest BCUT2D eigenvalue weighted by atomic mass is 79.9. The van der Waals surface area contributed by atoms with E-state index in [1.807, 2.05) is 19.9 Å². The first-order valence-corrected chi connectivity index (χ1v) is 11.0. The van der Waals surface area contributed by atoms with Gasteiger partial charge in [-0.25, -0.2) is 0 Å². The van der Waals surface area contributed by atoms with Crippen molar-refractivity contribution < 1.29 is 23.9 Å². The first-order valence-electron chi connectivity index (χ1n) is 9.43. The van der Waals surface area contributed by atoms with E-state index in [4.69, 9.17) is 9.47 Å². The van der Waals surface area contributed by atoms with Gasteiger partial charge in [-0.15, -0.1) is 0 Å². The number of halogens is 1. The van der Waals surface area contributed by atoms with E-state index in [0.29, 0.717) is 27.2 Å². The van der Waals surface area contributed by atoms with Crippen molar-refractivity contribution in [2.75, 3.05) is 19.0 Å².